The number of aliphatic hydroxyl groups excluding tert-OH is 1. The third-order valence-corrected chi connectivity index (χ3v) is 3.40. The molecule has 0 bridgehead atoms. The van der Waals surface area contributed by atoms with Crippen molar-refractivity contribution in [1.82, 2.24) is 4.90 Å². The molecule has 2 rings (SSSR count). The van der Waals surface area contributed by atoms with E-state index < -0.39 is 0 Å². The summed E-state index contributed by atoms with van der Waals surface area (Å²) in [6.45, 7) is 1.38. The summed E-state index contributed by atoms with van der Waals surface area (Å²) in [5.74, 6) is 0.905. The Morgan fingerprint density at radius 1 is 1.56 bits per heavy atom. The summed E-state index contributed by atoms with van der Waals surface area (Å²) in [5.41, 5.74) is 5.83. The van der Waals surface area contributed by atoms with E-state index in [1.165, 1.54) is 19.3 Å². The largest absolute Gasteiger partial charge is 0.468 e. The molecule has 0 aliphatic heterocycles. The molecule has 1 saturated carbocycles. The van der Waals surface area contributed by atoms with Crippen molar-refractivity contribution in [1.29, 1.82) is 0 Å². The molecule has 4 heteroatoms. The predicted octanol–water partition coefficient (Wildman–Crippen LogP) is 1.13. The van der Waals surface area contributed by atoms with Gasteiger partial charge in [-0.1, -0.05) is 6.42 Å². The lowest BCUT2D eigenvalue weighted by Crippen LogP contribution is -2.46. The molecule has 0 aromatic carbocycles. The van der Waals surface area contributed by atoms with Crippen LogP contribution in [0.5, 0.6) is 0 Å². The summed E-state index contributed by atoms with van der Waals surface area (Å²) < 4.78 is 5.43. The van der Waals surface area contributed by atoms with Crippen LogP contribution < -0.4 is 5.73 Å². The van der Waals surface area contributed by atoms with Gasteiger partial charge in [-0.25, -0.2) is 0 Å². The highest BCUT2D eigenvalue weighted by atomic mass is 16.3. The molecule has 1 aromatic heterocycles. The fourth-order valence-corrected chi connectivity index (χ4v) is 2.32. The molecule has 0 amide bonds. The lowest BCUT2D eigenvalue weighted by Gasteiger charge is -2.41. The van der Waals surface area contributed by atoms with Crippen LogP contribution in [0.1, 0.15) is 31.1 Å². The van der Waals surface area contributed by atoms with Crippen molar-refractivity contribution in [3.8, 4) is 0 Å². The zero-order valence-corrected chi connectivity index (χ0v) is 9.51. The Hall–Kier alpha value is -0.840. The highest BCUT2D eigenvalue weighted by Gasteiger charge is 2.31. The average Bonchev–Trinajstić information content (AvgIpc) is 2.70. The van der Waals surface area contributed by atoms with E-state index in [2.05, 4.69) is 4.90 Å². The molecule has 1 aliphatic carbocycles. The first-order valence-electron chi connectivity index (χ1n) is 5.97. The van der Waals surface area contributed by atoms with Crippen LogP contribution >= 0.6 is 0 Å². The van der Waals surface area contributed by atoms with E-state index >= 15 is 0 Å². The molecule has 3 N–H and O–H groups in total. The Morgan fingerprint density at radius 3 is 2.81 bits per heavy atom. The molecule has 1 fully saturated rings. The molecule has 90 valence electrons. The second kappa shape index (κ2) is 5.48. The van der Waals surface area contributed by atoms with E-state index in [1.807, 2.05) is 12.1 Å². The second-order valence-corrected chi connectivity index (χ2v) is 4.31. The summed E-state index contributed by atoms with van der Waals surface area (Å²) >= 11 is 0. The van der Waals surface area contributed by atoms with Gasteiger partial charge in [0.2, 0.25) is 0 Å². The van der Waals surface area contributed by atoms with Crippen LogP contribution in [0.3, 0.4) is 0 Å². The minimum Gasteiger partial charge on any atom is -0.468 e. The number of nitrogens with two attached hydrogens (primary N) is 1. The van der Waals surface area contributed by atoms with E-state index in [9.17, 15) is 0 Å². The lowest BCUT2D eigenvalue weighted by molar-refractivity contribution is 0.0535. The number of hydrogen-bond donors (Lipinski definition) is 2. The first-order chi connectivity index (χ1) is 7.86. The van der Waals surface area contributed by atoms with Gasteiger partial charge in [0.25, 0.3) is 0 Å². The maximum atomic E-state index is 9.13. The lowest BCUT2D eigenvalue weighted by atomic mass is 9.90. The fraction of sp³-hybridized carbons (Fsp3) is 0.667. The molecule has 1 unspecified atom stereocenters. The van der Waals surface area contributed by atoms with Gasteiger partial charge in [0.15, 0.2) is 0 Å². The Bertz CT molecular complexity index is 296. The Kier molecular flexibility index (Phi) is 3.98. The highest BCUT2D eigenvalue weighted by molar-refractivity contribution is 5.06. The molecule has 0 radical (unpaired) electrons. The zero-order chi connectivity index (χ0) is 11.4. The minimum absolute atomic E-state index is 0.104. The summed E-state index contributed by atoms with van der Waals surface area (Å²) in [5, 5.41) is 9.13. The minimum atomic E-state index is 0.104. The average molecular weight is 224 g/mol. The molecule has 1 aromatic rings. The molecule has 1 heterocycles. The molecular formula is C12H20N2O2. The first kappa shape index (κ1) is 11.6. The van der Waals surface area contributed by atoms with Crippen LogP contribution in [0, 0.1) is 0 Å². The Labute approximate surface area is 96.0 Å². The Morgan fingerprint density at radius 2 is 2.38 bits per heavy atom. The van der Waals surface area contributed by atoms with Crippen molar-refractivity contribution in [2.24, 2.45) is 5.73 Å². The van der Waals surface area contributed by atoms with Crippen molar-refractivity contribution >= 4 is 0 Å². The molecule has 0 spiro atoms. The standard InChI is InChI=1S/C12H20N2O2/c13-9-11(12-5-2-8-16-12)14(6-7-15)10-3-1-4-10/h2,5,8,10-11,15H,1,3-4,6-7,9,13H2. The molecule has 4 nitrogen and oxygen atoms in total. The SMILES string of the molecule is NCC(c1ccco1)N(CCO)C1CCC1. The van der Waals surface area contributed by atoms with E-state index in [-0.39, 0.29) is 12.6 Å². The third kappa shape index (κ3) is 2.29. The number of aliphatic hydroxyl groups is 1. The molecule has 1 aliphatic rings. The third-order valence-electron chi connectivity index (χ3n) is 3.40. The van der Waals surface area contributed by atoms with Gasteiger partial charge in [0.1, 0.15) is 5.76 Å². The van der Waals surface area contributed by atoms with Gasteiger partial charge in [-0.2, -0.15) is 0 Å². The van der Waals surface area contributed by atoms with Gasteiger partial charge >= 0.3 is 0 Å². The van der Waals surface area contributed by atoms with Crippen molar-refractivity contribution in [2.45, 2.75) is 31.3 Å². The van der Waals surface area contributed by atoms with Crippen molar-refractivity contribution in [2.75, 3.05) is 19.7 Å². The highest BCUT2D eigenvalue weighted by Crippen LogP contribution is 2.31. The van der Waals surface area contributed by atoms with Gasteiger partial charge in [-0.3, -0.25) is 4.90 Å². The van der Waals surface area contributed by atoms with E-state index in [0.717, 1.165) is 5.76 Å². The van der Waals surface area contributed by atoms with E-state index in [4.69, 9.17) is 15.3 Å². The first-order valence-corrected chi connectivity index (χ1v) is 5.97. The maximum absolute atomic E-state index is 9.13. The summed E-state index contributed by atoms with van der Waals surface area (Å²) in [6.07, 6.45) is 5.37. The molecule has 1 atom stereocenters. The van der Waals surface area contributed by atoms with Crippen LogP contribution in [-0.2, 0) is 0 Å². The van der Waals surface area contributed by atoms with Crippen molar-refractivity contribution in [3.63, 3.8) is 0 Å². The molecule has 0 saturated heterocycles. The Balaban J connectivity index is 2.09. The van der Waals surface area contributed by atoms with Gasteiger partial charge in [0, 0.05) is 19.1 Å². The van der Waals surface area contributed by atoms with Gasteiger partial charge in [-0.15, -0.1) is 0 Å². The normalized spacial score (nSPS) is 18.7. The maximum Gasteiger partial charge on any atom is 0.122 e. The monoisotopic (exact) mass is 224 g/mol. The van der Waals surface area contributed by atoms with Crippen LogP contribution in [0.25, 0.3) is 0 Å². The summed E-state index contributed by atoms with van der Waals surface area (Å²) in [7, 11) is 0. The van der Waals surface area contributed by atoms with Gasteiger partial charge < -0.3 is 15.3 Å². The predicted molar refractivity (Wildman–Crippen MR) is 61.9 cm³/mol. The van der Waals surface area contributed by atoms with Gasteiger partial charge in [0.05, 0.1) is 18.9 Å². The molecular weight excluding hydrogens is 204 g/mol. The van der Waals surface area contributed by atoms with Crippen molar-refractivity contribution in [3.05, 3.63) is 24.2 Å². The number of furan rings is 1. The van der Waals surface area contributed by atoms with Crippen LogP contribution in [0.2, 0.25) is 0 Å². The quantitative estimate of drug-likeness (QED) is 0.760. The summed E-state index contributed by atoms with van der Waals surface area (Å²) in [4.78, 5) is 2.28. The summed E-state index contributed by atoms with van der Waals surface area (Å²) in [6, 6.07) is 4.51. The van der Waals surface area contributed by atoms with Crippen molar-refractivity contribution < 1.29 is 9.52 Å². The second-order valence-electron chi connectivity index (χ2n) is 4.31. The fourth-order valence-electron chi connectivity index (χ4n) is 2.32. The van der Waals surface area contributed by atoms with Crippen LogP contribution in [-0.4, -0.2) is 35.7 Å². The topological polar surface area (TPSA) is 62.6 Å². The smallest absolute Gasteiger partial charge is 0.122 e. The molecule has 16 heavy (non-hydrogen) atoms. The zero-order valence-electron chi connectivity index (χ0n) is 9.51. The number of rotatable bonds is 6. The number of nitrogens with zero attached hydrogens (tertiary/aromatic N) is 1. The van der Waals surface area contributed by atoms with E-state index in [0.29, 0.717) is 19.1 Å². The van der Waals surface area contributed by atoms with Crippen LogP contribution in [0.15, 0.2) is 22.8 Å². The van der Waals surface area contributed by atoms with Crippen LogP contribution in [0.4, 0.5) is 0 Å². The number of hydrogen-bond acceptors (Lipinski definition) is 4. The van der Waals surface area contributed by atoms with Gasteiger partial charge in [-0.05, 0) is 25.0 Å². The van der Waals surface area contributed by atoms with E-state index in [1.54, 1.807) is 6.26 Å².